The van der Waals surface area contributed by atoms with Gasteiger partial charge in [0, 0.05) is 6.54 Å². The summed E-state index contributed by atoms with van der Waals surface area (Å²) in [5, 5.41) is 3.13. The largest absolute Gasteiger partial charge is 0.493 e. The maximum absolute atomic E-state index is 12.9. The number of imidazole rings is 1. The van der Waals surface area contributed by atoms with Crippen molar-refractivity contribution >= 4 is 16.9 Å². The second-order valence-electron chi connectivity index (χ2n) is 9.59. The Morgan fingerprint density at radius 1 is 0.947 bits per heavy atom. The molecule has 3 aromatic carbocycles. The first-order valence-electron chi connectivity index (χ1n) is 13.0. The van der Waals surface area contributed by atoms with E-state index < -0.39 is 0 Å². The van der Waals surface area contributed by atoms with E-state index in [0.29, 0.717) is 18.1 Å². The van der Waals surface area contributed by atoms with Crippen LogP contribution in [0.25, 0.3) is 11.0 Å². The summed E-state index contributed by atoms with van der Waals surface area (Å²) in [6.45, 7) is 7.59. The predicted molar refractivity (Wildman–Crippen MR) is 150 cm³/mol. The number of benzene rings is 3. The molecule has 0 fully saturated rings. The van der Waals surface area contributed by atoms with Crippen LogP contribution in [0.5, 0.6) is 17.2 Å². The average Bonchev–Trinajstić information content (AvgIpc) is 3.28. The van der Waals surface area contributed by atoms with Crippen LogP contribution in [0.4, 0.5) is 0 Å². The molecule has 1 N–H and O–H groups in total. The van der Waals surface area contributed by atoms with E-state index >= 15 is 0 Å². The fourth-order valence-electron chi connectivity index (χ4n) is 4.71. The third-order valence-corrected chi connectivity index (χ3v) is 6.63. The van der Waals surface area contributed by atoms with Gasteiger partial charge in [0.1, 0.15) is 11.6 Å². The molecule has 0 spiro atoms. The smallest absolute Gasteiger partial charge is 0.224 e. The lowest BCUT2D eigenvalue weighted by Crippen LogP contribution is -2.30. The molecule has 0 saturated carbocycles. The van der Waals surface area contributed by atoms with Crippen molar-refractivity contribution in [2.75, 3.05) is 20.8 Å². The standard InChI is InChI=1S/C31H37N3O4/c1-21-12-14-27(22(2)18-21)38-17-9-8-16-34-26-11-7-6-10-25(26)33-31(34)23(3)32-30(35)20-24-13-15-28(36-4)29(19-24)37-5/h6-7,10-15,18-19,23H,8-9,16-17,20H2,1-5H3,(H,32,35). The van der Waals surface area contributed by atoms with Gasteiger partial charge in [0.15, 0.2) is 11.5 Å². The van der Waals surface area contributed by atoms with Crippen LogP contribution in [-0.2, 0) is 17.8 Å². The number of rotatable bonds is 12. The molecule has 200 valence electrons. The number of methoxy groups -OCH3 is 2. The van der Waals surface area contributed by atoms with Crippen LogP contribution in [0.3, 0.4) is 0 Å². The van der Waals surface area contributed by atoms with Crippen LogP contribution in [0.2, 0.25) is 0 Å². The van der Waals surface area contributed by atoms with Gasteiger partial charge in [-0.15, -0.1) is 0 Å². The summed E-state index contributed by atoms with van der Waals surface area (Å²) in [6, 6.07) is 19.6. The van der Waals surface area contributed by atoms with Gasteiger partial charge in [0.05, 0.1) is 44.3 Å². The monoisotopic (exact) mass is 515 g/mol. The lowest BCUT2D eigenvalue weighted by molar-refractivity contribution is -0.121. The van der Waals surface area contributed by atoms with E-state index in [0.717, 1.165) is 53.1 Å². The first kappa shape index (κ1) is 27.0. The Morgan fingerprint density at radius 2 is 1.71 bits per heavy atom. The van der Waals surface area contributed by atoms with Gasteiger partial charge in [-0.3, -0.25) is 4.79 Å². The van der Waals surface area contributed by atoms with Gasteiger partial charge in [-0.1, -0.05) is 35.9 Å². The highest BCUT2D eigenvalue weighted by Crippen LogP contribution is 2.28. The Hall–Kier alpha value is -4.00. The number of aromatic nitrogens is 2. The average molecular weight is 516 g/mol. The molecule has 1 amide bonds. The number of unbranched alkanes of at least 4 members (excludes halogenated alkanes) is 1. The van der Waals surface area contributed by atoms with Crippen molar-refractivity contribution in [3.63, 3.8) is 0 Å². The Balaban J connectivity index is 1.39. The highest BCUT2D eigenvalue weighted by Gasteiger charge is 2.19. The van der Waals surface area contributed by atoms with Crippen molar-refractivity contribution in [3.8, 4) is 17.2 Å². The van der Waals surface area contributed by atoms with Crippen molar-refractivity contribution < 1.29 is 19.0 Å². The molecule has 0 bridgehead atoms. The summed E-state index contributed by atoms with van der Waals surface area (Å²) in [5.41, 5.74) is 5.24. The zero-order valence-electron chi connectivity index (χ0n) is 22.9. The molecule has 1 atom stereocenters. The molecule has 0 aliphatic heterocycles. The first-order chi connectivity index (χ1) is 18.4. The number of carbonyl (C=O) groups excluding carboxylic acids is 1. The molecule has 1 aromatic heterocycles. The number of nitrogens with one attached hydrogen (secondary N) is 1. The quantitative estimate of drug-likeness (QED) is 0.236. The third-order valence-electron chi connectivity index (χ3n) is 6.63. The topological polar surface area (TPSA) is 74.6 Å². The van der Waals surface area contributed by atoms with Crippen molar-refractivity contribution in [2.24, 2.45) is 0 Å². The fourth-order valence-corrected chi connectivity index (χ4v) is 4.71. The molecule has 0 saturated heterocycles. The van der Waals surface area contributed by atoms with Crippen LogP contribution in [-0.4, -0.2) is 36.3 Å². The number of amides is 1. The van der Waals surface area contributed by atoms with E-state index in [4.69, 9.17) is 19.2 Å². The van der Waals surface area contributed by atoms with Crippen LogP contribution < -0.4 is 19.5 Å². The number of aryl methyl sites for hydroxylation is 3. The number of hydrogen-bond acceptors (Lipinski definition) is 5. The minimum absolute atomic E-state index is 0.0785. The third kappa shape index (κ3) is 6.46. The van der Waals surface area contributed by atoms with E-state index in [2.05, 4.69) is 41.9 Å². The summed E-state index contributed by atoms with van der Waals surface area (Å²) in [6.07, 6.45) is 2.09. The predicted octanol–water partition coefficient (Wildman–Crippen LogP) is 5.95. The molecule has 38 heavy (non-hydrogen) atoms. The van der Waals surface area contributed by atoms with Gasteiger partial charge in [-0.05, 0) is 75.1 Å². The zero-order chi connectivity index (χ0) is 27.1. The van der Waals surface area contributed by atoms with Crippen molar-refractivity contribution in [3.05, 3.63) is 83.2 Å². The molecule has 7 nitrogen and oxygen atoms in total. The van der Waals surface area contributed by atoms with Crippen LogP contribution in [0.15, 0.2) is 60.7 Å². The Bertz CT molecular complexity index is 1400. The molecular formula is C31H37N3O4. The van der Waals surface area contributed by atoms with E-state index in [1.165, 1.54) is 5.56 Å². The summed E-state index contributed by atoms with van der Waals surface area (Å²) >= 11 is 0. The number of fused-ring (bicyclic) bond motifs is 1. The summed E-state index contributed by atoms with van der Waals surface area (Å²) in [5.74, 6) is 2.95. The SMILES string of the molecule is COc1ccc(CC(=O)NC(C)c2nc3ccccc3n2CCCCOc2ccc(C)cc2C)cc1OC. The molecule has 0 aliphatic carbocycles. The number of para-hydroxylation sites is 2. The van der Waals surface area contributed by atoms with E-state index in [1.54, 1.807) is 14.2 Å². The number of hydrogen-bond donors (Lipinski definition) is 1. The van der Waals surface area contributed by atoms with E-state index in [-0.39, 0.29) is 18.4 Å². The summed E-state index contributed by atoms with van der Waals surface area (Å²) in [7, 11) is 3.18. The Kier molecular flexibility index (Phi) is 8.89. The highest BCUT2D eigenvalue weighted by atomic mass is 16.5. The fraction of sp³-hybridized carbons (Fsp3) is 0.355. The van der Waals surface area contributed by atoms with E-state index in [9.17, 15) is 4.79 Å². The number of carbonyl (C=O) groups is 1. The maximum Gasteiger partial charge on any atom is 0.224 e. The zero-order valence-corrected chi connectivity index (χ0v) is 22.9. The highest BCUT2D eigenvalue weighted by molar-refractivity contribution is 5.80. The first-order valence-corrected chi connectivity index (χ1v) is 13.0. The van der Waals surface area contributed by atoms with Crippen molar-refractivity contribution in [1.82, 2.24) is 14.9 Å². The van der Waals surface area contributed by atoms with Gasteiger partial charge in [-0.25, -0.2) is 4.98 Å². The summed E-state index contributed by atoms with van der Waals surface area (Å²) in [4.78, 5) is 17.8. The van der Waals surface area contributed by atoms with Crippen LogP contribution in [0, 0.1) is 13.8 Å². The molecule has 4 aromatic rings. The van der Waals surface area contributed by atoms with Crippen LogP contribution >= 0.6 is 0 Å². The van der Waals surface area contributed by atoms with Gasteiger partial charge in [-0.2, -0.15) is 0 Å². The Morgan fingerprint density at radius 3 is 2.47 bits per heavy atom. The van der Waals surface area contributed by atoms with Gasteiger partial charge < -0.3 is 24.1 Å². The minimum Gasteiger partial charge on any atom is -0.493 e. The molecule has 1 heterocycles. The van der Waals surface area contributed by atoms with Crippen molar-refractivity contribution in [1.29, 1.82) is 0 Å². The molecule has 1 unspecified atom stereocenters. The summed E-state index contributed by atoms with van der Waals surface area (Å²) < 4.78 is 18.9. The number of nitrogens with zero attached hydrogens (tertiary/aromatic N) is 2. The molecule has 7 heteroatoms. The lowest BCUT2D eigenvalue weighted by atomic mass is 10.1. The molecule has 4 rings (SSSR count). The maximum atomic E-state index is 12.9. The van der Waals surface area contributed by atoms with Crippen LogP contribution in [0.1, 0.15) is 48.3 Å². The van der Waals surface area contributed by atoms with Gasteiger partial charge in [0.2, 0.25) is 5.91 Å². The number of ether oxygens (including phenoxy) is 3. The van der Waals surface area contributed by atoms with Gasteiger partial charge in [0.25, 0.3) is 0 Å². The van der Waals surface area contributed by atoms with Crippen molar-refractivity contribution in [2.45, 2.75) is 52.6 Å². The lowest BCUT2D eigenvalue weighted by Gasteiger charge is -2.17. The van der Waals surface area contributed by atoms with Gasteiger partial charge >= 0.3 is 0 Å². The second kappa shape index (κ2) is 12.5. The Labute approximate surface area is 224 Å². The molecule has 0 aliphatic rings. The molecule has 0 radical (unpaired) electrons. The minimum atomic E-state index is -0.249. The van der Waals surface area contributed by atoms with E-state index in [1.807, 2.05) is 49.4 Å². The normalized spacial score (nSPS) is 11.8. The molecular weight excluding hydrogens is 478 g/mol. The second-order valence-corrected chi connectivity index (χ2v) is 9.59.